The molecule has 0 aromatic carbocycles. The normalized spacial score (nSPS) is 29.4. The maximum Gasteiger partial charge on any atom is 0.0753 e. The molecule has 2 fully saturated rings. The lowest BCUT2D eigenvalue weighted by Gasteiger charge is -2.42. The molecule has 0 atom stereocenters. The van der Waals surface area contributed by atoms with Crippen molar-refractivity contribution in [2.45, 2.75) is 45.1 Å². The first-order chi connectivity index (χ1) is 7.55. The summed E-state index contributed by atoms with van der Waals surface area (Å²) in [7, 11) is 0. The van der Waals surface area contributed by atoms with Crippen LogP contribution in [-0.2, 0) is 4.74 Å². The summed E-state index contributed by atoms with van der Waals surface area (Å²) in [5.41, 5.74) is 0.595. The molecule has 1 aliphatic carbocycles. The van der Waals surface area contributed by atoms with Gasteiger partial charge >= 0.3 is 0 Å². The quantitative estimate of drug-likeness (QED) is 0.741. The minimum absolute atomic E-state index is 0.0460. The minimum atomic E-state index is 0.0460. The standard InChI is InChI=1S/C13H24BrNO/c1-12(2)10-15(7-8-16-12)11-13(9-14)5-3-4-6-13/h3-11H2,1-2H3. The van der Waals surface area contributed by atoms with Crippen LogP contribution < -0.4 is 0 Å². The van der Waals surface area contributed by atoms with Crippen molar-refractivity contribution in [3.8, 4) is 0 Å². The average molecular weight is 290 g/mol. The predicted molar refractivity (Wildman–Crippen MR) is 71.2 cm³/mol. The fraction of sp³-hybridized carbons (Fsp3) is 1.00. The van der Waals surface area contributed by atoms with Crippen molar-refractivity contribution < 1.29 is 4.74 Å². The molecule has 0 aromatic rings. The smallest absolute Gasteiger partial charge is 0.0753 e. The molecule has 0 unspecified atom stereocenters. The third-order valence-electron chi connectivity index (χ3n) is 4.01. The number of hydrogen-bond acceptors (Lipinski definition) is 2. The second-order valence-electron chi connectivity index (χ2n) is 6.16. The molecule has 0 spiro atoms. The van der Waals surface area contributed by atoms with Gasteiger partial charge in [-0.15, -0.1) is 0 Å². The van der Waals surface area contributed by atoms with E-state index in [4.69, 9.17) is 4.74 Å². The van der Waals surface area contributed by atoms with E-state index in [1.54, 1.807) is 0 Å². The molecule has 0 radical (unpaired) electrons. The molecule has 1 saturated heterocycles. The van der Waals surface area contributed by atoms with Crippen LogP contribution in [0, 0.1) is 5.41 Å². The van der Waals surface area contributed by atoms with Gasteiger partial charge in [0.25, 0.3) is 0 Å². The zero-order valence-corrected chi connectivity index (χ0v) is 12.2. The average Bonchev–Trinajstić information content (AvgIpc) is 2.65. The van der Waals surface area contributed by atoms with Gasteiger partial charge in [0.2, 0.25) is 0 Å². The lowest BCUT2D eigenvalue weighted by molar-refractivity contribution is -0.0928. The van der Waals surface area contributed by atoms with Crippen molar-refractivity contribution in [1.29, 1.82) is 0 Å². The van der Waals surface area contributed by atoms with E-state index < -0.39 is 0 Å². The summed E-state index contributed by atoms with van der Waals surface area (Å²) in [6, 6.07) is 0. The summed E-state index contributed by atoms with van der Waals surface area (Å²) < 4.78 is 5.77. The highest BCUT2D eigenvalue weighted by molar-refractivity contribution is 9.09. The molecule has 0 amide bonds. The van der Waals surface area contributed by atoms with Gasteiger partial charge in [-0.1, -0.05) is 28.8 Å². The lowest BCUT2D eigenvalue weighted by atomic mass is 9.87. The van der Waals surface area contributed by atoms with E-state index in [-0.39, 0.29) is 5.60 Å². The van der Waals surface area contributed by atoms with Gasteiger partial charge in [-0.3, -0.25) is 4.90 Å². The maximum absolute atomic E-state index is 5.77. The van der Waals surface area contributed by atoms with Crippen LogP contribution in [0.15, 0.2) is 0 Å². The first kappa shape index (κ1) is 12.8. The highest BCUT2D eigenvalue weighted by atomic mass is 79.9. The molecule has 2 rings (SSSR count). The Morgan fingerprint density at radius 1 is 1.25 bits per heavy atom. The third-order valence-corrected chi connectivity index (χ3v) is 5.20. The summed E-state index contributed by atoms with van der Waals surface area (Å²) in [5.74, 6) is 0. The van der Waals surface area contributed by atoms with Crippen molar-refractivity contribution >= 4 is 15.9 Å². The molecule has 2 aliphatic rings. The van der Waals surface area contributed by atoms with Crippen LogP contribution in [-0.4, -0.2) is 42.1 Å². The minimum Gasteiger partial charge on any atom is -0.373 e. The highest BCUT2D eigenvalue weighted by Gasteiger charge is 2.37. The van der Waals surface area contributed by atoms with Gasteiger partial charge in [0.1, 0.15) is 0 Å². The molecule has 1 saturated carbocycles. The first-order valence-corrected chi connectivity index (χ1v) is 7.60. The Labute approximate surface area is 108 Å². The molecule has 3 heteroatoms. The van der Waals surface area contributed by atoms with Crippen LogP contribution in [0.4, 0.5) is 0 Å². The topological polar surface area (TPSA) is 12.5 Å². The van der Waals surface area contributed by atoms with Gasteiger partial charge in [0, 0.05) is 25.0 Å². The van der Waals surface area contributed by atoms with E-state index >= 15 is 0 Å². The Kier molecular flexibility index (Phi) is 3.97. The van der Waals surface area contributed by atoms with E-state index in [2.05, 4.69) is 34.7 Å². The van der Waals surface area contributed by atoms with Crippen LogP contribution in [0.2, 0.25) is 0 Å². The molecule has 0 aromatic heterocycles. The van der Waals surface area contributed by atoms with Gasteiger partial charge in [0.15, 0.2) is 0 Å². The molecular weight excluding hydrogens is 266 g/mol. The summed E-state index contributed by atoms with van der Waals surface area (Å²) in [6.45, 7) is 8.75. The Bertz CT molecular complexity index is 236. The molecule has 0 bridgehead atoms. The zero-order valence-electron chi connectivity index (χ0n) is 10.6. The Balaban J connectivity index is 1.93. The summed E-state index contributed by atoms with van der Waals surface area (Å²) in [5, 5.41) is 1.16. The number of morpholine rings is 1. The van der Waals surface area contributed by atoms with Gasteiger partial charge in [0.05, 0.1) is 12.2 Å². The Morgan fingerprint density at radius 2 is 1.94 bits per heavy atom. The summed E-state index contributed by atoms with van der Waals surface area (Å²) in [4.78, 5) is 2.61. The summed E-state index contributed by atoms with van der Waals surface area (Å²) in [6.07, 6.45) is 5.63. The van der Waals surface area contributed by atoms with E-state index in [0.29, 0.717) is 5.41 Å². The number of ether oxygens (including phenoxy) is 1. The van der Waals surface area contributed by atoms with Gasteiger partial charge in [-0.2, -0.15) is 0 Å². The van der Waals surface area contributed by atoms with Gasteiger partial charge < -0.3 is 4.74 Å². The third kappa shape index (κ3) is 2.99. The van der Waals surface area contributed by atoms with Crippen molar-refractivity contribution in [2.24, 2.45) is 5.41 Å². The second kappa shape index (κ2) is 4.95. The van der Waals surface area contributed by atoms with E-state index in [1.807, 2.05) is 0 Å². The molecule has 94 valence electrons. The van der Waals surface area contributed by atoms with Gasteiger partial charge in [-0.25, -0.2) is 0 Å². The van der Waals surface area contributed by atoms with Crippen LogP contribution >= 0.6 is 15.9 Å². The molecule has 16 heavy (non-hydrogen) atoms. The Hall–Kier alpha value is 0.400. The lowest BCUT2D eigenvalue weighted by Crippen LogP contribution is -2.51. The van der Waals surface area contributed by atoms with Crippen LogP contribution in [0.5, 0.6) is 0 Å². The number of halogens is 1. The molecular formula is C13H24BrNO. The molecule has 0 N–H and O–H groups in total. The summed E-state index contributed by atoms with van der Waals surface area (Å²) >= 11 is 3.73. The number of rotatable bonds is 3. The SMILES string of the molecule is CC1(C)CN(CC2(CBr)CCCC2)CCO1. The van der Waals surface area contributed by atoms with Crippen LogP contribution in [0.3, 0.4) is 0 Å². The Morgan fingerprint density at radius 3 is 2.50 bits per heavy atom. The fourth-order valence-corrected chi connectivity index (χ4v) is 3.92. The molecule has 2 nitrogen and oxygen atoms in total. The first-order valence-electron chi connectivity index (χ1n) is 6.48. The van der Waals surface area contributed by atoms with Crippen molar-refractivity contribution in [1.82, 2.24) is 4.90 Å². The monoisotopic (exact) mass is 289 g/mol. The van der Waals surface area contributed by atoms with Crippen molar-refractivity contribution in [3.63, 3.8) is 0 Å². The largest absolute Gasteiger partial charge is 0.373 e. The van der Waals surface area contributed by atoms with Crippen molar-refractivity contribution in [2.75, 3.05) is 31.6 Å². The maximum atomic E-state index is 5.77. The highest BCUT2D eigenvalue weighted by Crippen LogP contribution is 2.40. The number of nitrogens with zero attached hydrogens (tertiary/aromatic N) is 1. The van der Waals surface area contributed by atoms with E-state index in [0.717, 1.165) is 25.0 Å². The van der Waals surface area contributed by atoms with Gasteiger partial charge in [-0.05, 0) is 32.1 Å². The number of alkyl halides is 1. The fourth-order valence-electron chi connectivity index (χ4n) is 3.18. The van der Waals surface area contributed by atoms with E-state index in [1.165, 1.54) is 32.2 Å². The van der Waals surface area contributed by atoms with Crippen LogP contribution in [0.25, 0.3) is 0 Å². The van der Waals surface area contributed by atoms with Crippen molar-refractivity contribution in [3.05, 3.63) is 0 Å². The molecule has 1 aliphatic heterocycles. The predicted octanol–water partition coefficient (Wildman–Crippen LogP) is 3.05. The zero-order chi connectivity index (χ0) is 11.6. The molecule has 1 heterocycles. The van der Waals surface area contributed by atoms with E-state index in [9.17, 15) is 0 Å². The second-order valence-corrected chi connectivity index (χ2v) is 6.72. The van der Waals surface area contributed by atoms with Crippen LogP contribution in [0.1, 0.15) is 39.5 Å². The number of hydrogen-bond donors (Lipinski definition) is 0.